The van der Waals surface area contributed by atoms with Crippen molar-refractivity contribution in [3.8, 4) is 0 Å². The van der Waals surface area contributed by atoms with Gasteiger partial charge < -0.3 is 0 Å². The molecule has 6 heteroatoms. The highest BCUT2D eigenvalue weighted by Gasteiger charge is 2.21. The molecule has 124 valence electrons. The first kappa shape index (κ1) is 17.4. The van der Waals surface area contributed by atoms with E-state index in [2.05, 4.69) is 23.5 Å². The summed E-state index contributed by atoms with van der Waals surface area (Å²) in [6, 6.07) is 5.76. The molecule has 1 aliphatic rings. The van der Waals surface area contributed by atoms with Crippen LogP contribution < -0.4 is 4.72 Å². The zero-order valence-electron chi connectivity index (χ0n) is 13.3. The van der Waals surface area contributed by atoms with Gasteiger partial charge in [-0.3, -0.25) is 4.90 Å². The van der Waals surface area contributed by atoms with Gasteiger partial charge >= 0.3 is 0 Å². The molecule has 1 aromatic carbocycles. The lowest BCUT2D eigenvalue weighted by Gasteiger charge is -2.34. The monoisotopic (exact) mass is 328 g/mol. The normalized spacial score (nSPS) is 19.2. The third-order valence-electron chi connectivity index (χ3n) is 4.31. The second kappa shape index (κ2) is 7.53. The molecular weight excluding hydrogens is 303 g/mol. The molecule has 0 spiro atoms. The largest absolute Gasteiger partial charge is 0.299 e. The van der Waals surface area contributed by atoms with Crippen LogP contribution in [0.3, 0.4) is 0 Å². The van der Waals surface area contributed by atoms with Gasteiger partial charge in [0.1, 0.15) is 5.82 Å². The molecule has 22 heavy (non-hydrogen) atoms. The van der Waals surface area contributed by atoms with Crippen molar-refractivity contribution in [3.05, 3.63) is 35.6 Å². The van der Waals surface area contributed by atoms with Crippen LogP contribution in [0.5, 0.6) is 0 Å². The smallest absolute Gasteiger partial charge is 0.215 e. The van der Waals surface area contributed by atoms with Crippen LogP contribution in [-0.4, -0.2) is 39.0 Å². The second-order valence-electron chi connectivity index (χ2n) is 6.30. The molecule has 1 fully saturated rings. The number of nitrogens with zero attached hydrogens (tertiary/aromatic N) is 1. The number of likely N-dealkylation sites (tertiary alicyclic amines) is 1. The standard InChI is InChI=1S/C16H25FN2O2S/c1-13-7-9-19(10-8-13)14(2)11-18-22(20,21)12-15-3-5-16(17)6-4-15/h3-6,13-14,18H,7-12H2,1-2H3. The third kappa shape index (κ3) is 5.34. The van der Waals surface area contributed by atoms with Crippen LogP contribution in [0.1, 0.15) is 32.3 Å². The Kier molecular flexibility index (Phi) is 5.94. The zero-order valence-corrected chi connectivity index (χ0v) is 14.1. The molecule has 1 saturated heterocycles. The average molecular weight is 328 g/mol. The maximum atomic E-state index is 12.8. The van der Waals surface area contributed by atoms with Crippen LogP contribution >= 0.6 is 0 Å². The van der Waals surface area contributed by atoms with E-state index < -0.39 is 10.0 Å². The molecule has 0 aliphatic carbocycles. The molecule has 1 aliphatic heterocycles. The topological polar surface area (TPSA) is 49.4 Å². The number of sulfonamides is 1. The fourth-order valence-electron chi connectivity index (χ4n) is 2.70. The van der Waals surface area contributed by atoms with Crippen LogP contribution in [0.25, 0.3) is 0 Å². The molecule has 0 amide bonds. The van der Waals surface area contributed by atoms with Crippen LogP contribution in [0.2, 0.25) is 0 Å². The lowest BCUT2D eigenvalue weighted by molar-refractivity contribution is 0.148. The molecule has 1 atom stereocenters. The molecule has 1 heterocycles. The van der Waals surface area contributed by atoms with Crippen molar-refractivity contribution < 1.29 is 12.8 Å². The Bertz CT molecular complexity index is 566. The molecule has 2 rings (SSSR count). The van der Waals surface area contributed by atoms with E-state index in [1.54, 1.807) is 0 Å². The van der Waals surface area contributed by atoms with E-state index in [0.29, 0.717) is 12.1 Å². The first-order valence-corrected chi connectivity index (χ1v) is 9.47. The Balaban J connectivity index is 1.82. The van der Waals surface area contributed by atoms with Crippen molar-refractivity contribution >= 4 is 10.0 Å². The predicted molar refractivity (Wildman–Crippen MR) is 86.5 cm³/mol. The van der Waals surface area contributed by atoms with E-state index in [1.165, 1.54) is 37.1 Å². The van der Waals surface area contributed by atoms with Gasteiger partial charge in [-0.05, 0) is 56.5 Å². The summed E-state index contributed by atoms with van der Waals surface area (Å²) in [6.07, 6.45) is 2.35. The van der Waals surface area contributed by atoms with Crippen LogP contribution in [-0.2, 0) is 15.8 Å². The maximum absolute atomic E-state index is 12.8. The summed E-state index contributed by atoms with van der Waals surface area (Å²) in [5.74, 6) is 0.289. The van der Waals surface area contributed by atoms with Crippen molar-refractivity contribution in [2.75, 3.05) is 19.6 Å². The summed E-state index contributed by atoms with van der Waals surface area (Å²) in [6.45, 7) is 6.78. The molecule has 0 aromatic heterocycles. The minimum atomic E-state index is -3.39. The fourth-order valence-corrected chi connectivity index (χ4v) is 3.93. The molecular formula is C16H25FN2O2S. The highest BCUT2D eigenvalue weighted by molar-refractivity contribution is 7.88. The number of hydrogen-bond donors (Lipinski definition) is 1. The van der Waals surface area contributed by atoms with Crippen molar-refractivity contribution in [3.63, 3.8) is 0 Å². The third-order valence-corrected chi connectivity index (χ3v) is 5.63. The summed E-state index contributed by atoms with van der Waals surface area (Å²) in [7, 11) is -3.39. The number of rotatable bonds is 6. The van der Waals surface area contributed by atoms with E-state index in [1.807, 2.05) is 0 Å². The minimum absolute atomic E-state index is 0.114. The molecule has 1 N–H and O–H groups in total. The lowest BCUT2D eigenvalue weighted by Crippen LogP contribution is -2.45. The Morgan fingerprint density at radius 1 is 1.27 bits per heavy atom. The Hall–Kier alpha value is -0.980. The SMILES string of the molecule is CC1CCN(C(C)CNS(=O)(=O)Cc2ccc(F)cc2)CC1. The quantitative estimate of drug-likeness (QED) is 0.872. The highest BCUT2D eigenvalue weighted by atomic mass is 32.2. The summed E-state index contributed by atoms with van der Waals surface area (Å²) >= 11 is 0. The van der Waals surface area contributed by atoms with Gasteiger partial charge in [0, 0.05) is 12.6 Å². The van der Waals surface area contributed by atoms with Gasteiger partial charge in [-0.2, -0.15) is 0 Å². The summed E-state index contributed by atoms with van der Waals surface area (Å²) in [4.78, 5) is 2.33. The maximum Gasteiger partial charge on any atom is 0.215 e. The molecule has 0 bridgehead atoms. The van der Waals surface area contributed by atoms with E-state index in [4.69, 9.17) is 0 Å². The fraction of sp³-hybridized carbons (Fsp3) is 0.625. The molecule has 0 saturated carbocycles. The van der Waals surface area contributed by atoms with E-state index >= 15 is 0 Å². The van der Waals surface area contributed by atoms with Crippen molar-refractivity contribution in [1.82, 2.24) is 9.62 Å². The number of nitrogens with one attached hydrogen (secondary N) is 1. The number of piperidine rings is 1. The van der Waals surface area contributed by atoms with E-state index in [0.717, 1.165) is 19.0 Å². The van der Waals surface area contributed by atoms with Gasteiger partial charge in [0.15, 0.2) is 0 Å². The average Bonchev–Trinajstić information content (AvgIpc) is 2.48. The molecule has 4 nitrogen and oxygen atoms in total. The highest BCUT2D eigenvalue weighted by Crippen LogP contribution is 2.17. The number of benzene rings is 1. The molecule has 1 aromatic rings. The first-order valence-electron chi connectivity index (χ1n) is 7.81. The van der Waals surface area contributed by atoms with Crippen molar-refractivity contribution in [2.24, 2.45) is 5.92 Å². The van der Waals surface area contributed by atoms with E-state index in [-0.39, 0.29) is 17.6 Å². The van der Waals surface area contributed by atoms with Crippen LogP contribution in [0, 0.1) is 11.7 Å². The Morgan fingerprint density at radius 2 is 1.86 bits per heavy atom. The lowest BCUT2D eigenvalue weighted by atomic mass is 9.98. The second-order valence-corrected chi connectivity index (χ2v) is 8.11. The van der Waals surface area contributed by atoms with Gasteiger partial charge in [-0.15, -0.1) is 0 Å². The zero-order chi connectivity index (χ0) is 16.2. The van der Waals surface area contributed by atoms with Crippen molar-refractivity contribution in [1.29, 1.82) is 0 Å². The predicted octanol–water partition coefficient (Wildman–Crippen LogP) is 2.37. The number of halogens is 1. The minimum Gasteiger partial charge on any atom is -0.299 e. The number of hydrogen-bond acceptors (Lipinski definition) is 3. The molecule has 0 radical (unpaired) electrons. The van der Waals surface area contributed by atoms with Gasteiger partial charge in [-0.25, -0.2) is 17.5 Å². The summed E-state index contributed by atoms with van der Waals surface area (Å²) in [5, 5.41) is 0. The van der Waals surface area contributed by atoms with Gasteiger partial charge in [0.2, 0.25) is 10.0 Å². The Labute approximate surface area is 132 Å². The summed E-state index contributed by atoms with van der Waals surface area (Å²) in [5.41, 5.74) is 0.591. The summed E-state index contributed by atoms with van der Waals surface area (Å²) < 4.78 is 39.7. The Morgan fingerprint density at radius 3 is 2.45 bits per heavy atom. The van der Waals surface area contributed by atoms with Crippen molar-refractivity contribution in [2.45, 2.75) is 38.5 Å². The van der Waals surface area contributed by atoms with Gasteiger partial charge in [-0.1, -0.05) is 19.1 Å². The van der Waals surface area contributed by atoms with Gasteiger partial charge in [0.25, 0.3) is 0 Å². The molecule has 1 unspecified atom stereocenters. The first-order chi connectivity index (χ1) is 10.4. The van der Waals surface area contributed by atoms with Crippen LogP contribution in [0.4, 0.5) is 4.39 Å². The van der Waals surface area contributed by atoms with E-state index in [9.17, 15) is 12.8 Å². The van der Waals surface area contributed by atoms with Gasteiger partial charge in [0.05, 0.1) is 5.75 Å². The van der Waals surface area contributed by atoms with Crippen LogP contribution in [0.15, 0.2) is 24.3 Å².